The highest BCUT2D eigenvalue weighted by molar-refractivity contribution is 6.25. The number of nitrogens with one attached hydrogen (secondary N) is 1. The number of primary amides is 1. The highest BCUT2D eigenvalue weighted by Gasteiger charge is 2.63. The first-order chi connectivity index (χ1) is 18.8. The Kier molecular flexibility index (Phi) is 6.71. The molecule has 13 heteroatoms. The van der Waals surface area contributed by atoms with Crippen molar-refractivity contribution in [2.45, 2.75) is 37.3 Å². The zero-order valence-electron chi connectivity index (χ0n) is 22.0. The summed E-state index contributed by atoms with van der Waals surface area (Å²) >= 11 is 0. The molecule has 4 aliphatic rings. The van der Waals surface area contributed by atoms with Crippen molar-refractivity contribution in [3.8, 4) is 5.75 Å². The lowest BCUT2D eigenvalue weighted by atomic mass is 9.58. The first-order valence-electron chi connectivity index (χ1n) is 13.0. The summed E-state index contributed by atoms with van der Waals surface area (Å²) in [4.78, 5) is 55.0. The van der Waals surface area contributed by atoms with Gasteiger partial charge >= 0.3 is 0 Å². The van der Waals surface area contributed by atoms with E-state index in [0.717, 1.165) is 32.0 Å². The normalized spacial score (nSPS) is 28.5. The van der Waals surface area contributed by atoms with Crippen LogP contribution >= 0.6 is 0 Å². The summed E-state index contributed by atoms with van der Waals surface area (Å²) < 4.78 is 15.4. The summed E-state index contributed by atoms with van der Waals surface area (Å²) in [6.45, 7) is 1.48. The van der Waals surface area contributed by atoms with E-state index in [2.05, 4.69) is 5.32 Å². The van der Waals surface area contributed by atoms with Crippen LogP contribution in [0.15, 0.2) is 28.7 Å². The highest BCUT2D eigenvalue weighted by atomic mass is 19.1. The molecule has 4 atom stereocenters. The SMILES string of the molecule is CN(C)C1C(O)=C(C(N)=O)C(=O)[C@@]2(O)C(O)=C3C(=O)c4c(O)c(NC(=O)CN5CCCC5)cc(F)c4C[C@H]3C[C@@H]12. The van der Waals surface area contributed by atoms with Crippen LogP contribution in [0.2, 0.25) is 0 Å². The summed E-state index contributed by atoms with van der Waals surface area (Å²) in [5.41, 5.74) is 0.233. The number of ketones is 2. The van der Waals surface area contributed by atoms with Gasteiger partial charge in [-0.25, -0.2) is 4.39 Å². The monoisotopic (exact) mass is 558 g/mol. The van der Waals surface area contributed by atoms with Crippen molar-refractivity contribution in [1.29, 1.82) is 0 Å². The van der Waals surface area contributed by atoms with Gasteiger partial charge in [-0.3, -0.25) is 29.0 Å². The van der Waals surface area contributed by atoms with E-state index >= 15 is 4.39 Å². The molecule has 5 rings (SSSR count). The number of nitrogens with zero attached hydrogens (tertiary/aromatic N) is 2. The number of Topliss-reactive ketones (excluding diaryl/α,β-unsaturated/α-hetero) is 2. The molecule has 12 nitrogen and oxygen atoms in total. The fraction of sp³-hybridized carbons (Fsp3) is 0.481. The molecule has 1 aromatic carbocycles. The molecule has 0 saturated carbocycles. The predicted octanol–water partition coefficient (Wildman–Crippen LogP) is 0.294. The van der Waals surface area contributed by atoms with Crippen molar-refractivity contribution in [3.05, 3.63) is 45.7 Å². The van der Waals surface area contributed by atoms with Gasteiger partial charge in [0.1, 0.15) is 22.9 Å². The number of amides is 2. The van der Waals surface area contributed by atoms with Crippen molar-refractivity contribution >= 4 is 29.1 Å². The van der Waals surface area contributed by atoms with E-state index in [1.807, 2.05) is 4.90 Å². The summed E-state index contributed by atoms with van der Waals surface area (Å²) in [5.74, 6) is -9.63. The number of benzene rings is 1. The molecule has 40 heavy (non-hydrogen) atoms. The Bertz CT molecular complexity index is 1410. The van der Waals surface area contributed by atoms with Crippen molar-refractivity contribution in [2.24, 2.45) is 17.6 Å². The van der Waals surface area contributed by atoms with Crippen molar-refractivity contribution in [2.75, 3.05) is 39.0 Å². The van der Waals surface area contributed by atoms with Crippen molar-refractivity contribution < 1.29 is 44.0 Å². The molecule has 1 aromatic rings. The Labute approximate surface area is 228 Å². The predicted molar refractivity (Wildman–Crippen MR) is 138 cm³/mol. The average molecular weight is 559 g/mol. The number of anilines is 1. The maximum atomic E-state index is 15.4. The molecule has 1 fully saturated rings. The molecule has 0 spiro atoms. The molecule has 1 heterocycles. The molecule has 0 radical (unpaired) electrons. The summed E-state index contributed by atoms with van der Waals surface area (Å²) in [5, 5.41) is 47.1. The number of likely N-dealkylation sites (tertiary alicyclic amines) is 1. The second-order valence-electron chi connectivity index (χ2n) is 11.1. The van der Waals surface area contributed by atoms with Crippen LogP contribution in [-0.2, 0) is 20.8 Å². The van der Waals surface area contributed by atoms with Crippen LogP contribution < -0.4 is 11.1 Å². The van der Waals surface area contributed by atoms with E-state index in [1.54, 1.807) is 0 Å². The van der Waals surface area contributed by atoms with E-state index < -0.39 is 86.7 Å². The number of aliphatic hydroxyl groups excluding tert-OH is 2. The molecule has 0 bridgehead atoms. The summed E-state index contributed by atoms with van der Waals surface area (Å²) in [7, 11) is 3.04. The van der Waals surface area contributed by atoms with Gasteiger partial charge in [-0.1, -0.05) is 0 Å². The largest absolute Gasteiger partial charge is 0.510 e. The number of halogens is 1. The van der Waals surface area contributed by atoms with Crippen LogP contribution in [0, 0.1) is 17.7 Å². The van der Waals surface area contributed by atoms with Crippen LogP contribution in [0.4, 0.5) is 10.1 Å². The second kappa shape index (κ2) is 9.68. The maximum Gasteiger partial charge on any atom is 0.255 e. The molecule has 0 aromatic heterocycles. The number of rotatable bonds is 5. The van der Waals surface area contributed by atoms with Crippen LogP contribution in [0.25, 0.3) is 0 Å². The fourth-order valence-electron chi connectivity index (χ4n) is 6.70. The third-order valence-electron chi connectivity index (χ3n) is 8.51. The number of fused-ring (bicyclic) bond motifs is 3. The van der Waals surface area contributed by atoms with Gasteiger partial charge in [0.05, 0.1) is 23.8 Å². The summed E-state index contributed by atoms with van der Waals surface area (Å²) in [6, 6.07) is -0.214. The molecule has 1 aliphatic heterocycles. The lowest BCUT2D eigenvalue weighted by Crippen LogP contribution is -2.63. The lowest BCUT2D eigenvalue weighted by molar-refractivity contribution is -0.148. The zero-order valence-corrected chi connectivity index (χ0v) is 22.0. The topological polar surface area (TPSA) is 194 Å². The van der Waals surface area contributed by atoms with Crippen molar-refractivity contribution in [1.82, 2.24) is 9.80 Å². The van der Waals surface area contributed by atoms with Gasteiger partial charge in [-0.15, -0.1) is 0 Å². The molecule has 1 unspecified atom stereocenters. The molecule has 3 aliphatic carbocycles. The van der Waals surface area contributed by atoms with Gasteiger partial charge in [0.25, 0.3) is 5.91 Å². The van der Waals surface area contributed by atoms with Gasteiger partial charge in [0, 0.05) is 23.1 Å². The van der Waals surface area contributed by atoms with Crippen LogP contribution in [0.3, 0.4) is 0 Å². The van der Waals surface area contributed by atoms with E-state index in [0.29, 0.717) is 0 Å². The smallest absolute Gasteiger partial charge is 0.255 e. The third-order valence-corrected chi connectivity index (χ3v) is 8.51. The van der Waals surface area contributed by atoms with Gasteiger partial charge in [0.15, 0.2) is 17.1 Å². The van der Waals surface area contributed by atoms with Gasteiger partial charge in [-0.05, 0) is 58.8 Å². The maximum absolute atomic E-state index is 15.4. The van der Waals surface area contributed by atoms with E-state index in [4.69, 9.17) is 5.73 Å². The minimum atomic E-state index is -2.79. The number of hydrogen-bond donors (Lipinski definition) is 6. The average Bonchev–Trinajstić information content (AvgIpc) is 3.37. The number of likely N-dealkylation sites (N-methyl/N-ethyl adjacent to an activating group) is 1. The molecule has 7 N–H and O–H groups in total. The number of phenols is 1. The number of carbonyl (C=O) groups is 4. The minimum absolute atomic E-state index is 0.0201. The summed E-state index contributed by atoms with van der Waals surface area (Å²) in [6.07, 6.45) is 1.56. The number of phenolic OH excluding ortho intramolecular Hbond substituents is 1. The van der Waals surface area contributed by atoms with Crippen LogP contribution in [0.5, 0.6) is 5.75 Å². The number of allylic oxidation sites excluding steroid dienone is 1. The van der Waals surface area contributed by atoms with E-state index in [9.17, 15) is 39.6 Å². The number of aromatic hydroxyl groups is 1. The Hall–Kier alpha value is -3.81. The minimum Gasteiger partial charge on any atom is -0.510 e. The highest BCUT2D eigenvalue weighted by Crippen LogP contribution is 2.53. The molecular formula is C27H31FN4O8. The molecule has 214 valence electrons. The quantitative estimate of drug-likeness (QED) is 0.216. The first-order valence-corrected chi connectivity index (χ1v) is 13.0. The number of carbonyl (C=O) groups excluding carboxylic acids is 4. The first kappa shape index (κ1) is 27.7. The van der Waals surface area contributed by atoms with E-state index in [-0.39, 0.29) is 30.6 Å². The van der Waals surface area contributed by atoms with Gasteiger partial charge < -0.3 is 31.5 Å². The third kappa shape index (κ3) is 3.99. The Morgan fingerprint density at radius 1 is 1.20 bits per heavy atom. The Morgan fingerprint density at radius 2 is 1.85 bits per heavy atom. The van der Waals surface area contributed by atoms with Crippen molar-refractivity contribution in [3.63, 3.8) is 0 Å². The molecule has 1 saturated heterocycles. The van der Waals surface area contributed by atoms with Crippen LogP contribution in [0.1, 0.15) is 35.2 Å². The number of nitrogens with two attached hydrogens (primary N) is 1. The van der Waals surface area contributed by atoms with Crippen LogP contribution in [-0.4, -0.2) is 99.0 Å². The molecule has 2 amide bonds. The van der Waals surface area contributed by atoms with Gasteiger partial charge in [-0.2, -0.15) is 0 Å². The zero-order chi connectivity index (χ0) is 29.3. The fourth-order valence-corrected chi connectivity index (χ4v) is 6.70. The lowest BCUT2D eigenvalue weighted by Gasteiger charge is -2.50. The Morgan fingerprint density at radius 3 is 2.45 bits per heavy atom. The number of aliphatic hydroxyl groups is 3. The Balaban J connectivity index is 1.58. The number of hydrogen-bond acceptors (Lipinski definition) is 10. The molecular weight excluding hydrogens is 527 g/mol. The second-order valence-corrected chi connectivity index (χ2v) is 11.1. The standard InChI is InChI=1S/C27H31FN4O8/c1-31(2)20-13-8-11-7-12-14(28)9-15(30-16(33)10-32-5-3-4-6-32)21(34)18(12)22(35)17(11)24(37)27(13,40)25(38)19(23(20)36)26(29)39/h9,11,13,20,34,36-37,40H,3-8,10H2,1-2H3,(H2,29,39)(H,30,33)/t11-,13-,20?,27-/m0/s1. The van der Waals surface area contributed by atoms with E-state index in [1.165, 1.54) is 19.0 Å². The van der Waals surface area contributed by atoms with Gasteiger partial charge in [0.2, 0.25) is 11.7 Å².